The molecule has 0 fully saturated rings. The van der Waals surface area contributed by atoms with Gasteiger partial charge in [0.15, 0.2) is 0 Å². The molecule has 0 aliphatic rings. The molecule has 0 unspecified atom stereocenters. The van der Waals surface area contributed by atoms with E-state index in [1.54, 1.807) is 0 Å². The zero-order valence-corrected chi connectivity index (χ0v) is 9.34. The summed E-state index contributed by atoms with van der Waals surface area (Å²) in [6, 6.07) is 5.34. The summed E-state index contributed by atoms with van der Waals surface area (Å²) < 4.78 is 0. The Morgan fingerprint density at radius 3 is 2.50 bits per heavy atom. The molecule has 1 rings (SSSR count). The summed E-state index contributed by atoms with van der Waals surface area (Å²) in [6.07, 6.45) is 0. The first-order chi connectivity index (χ1) is 6.11. The Balaban J connectivity index is 0.00000169. The van der Waals surface area contributed by atoms with E-state index in [-0.39, 0.29) is 40.9 Å². The minimum atomic E-state index is -1.27. The van der Waals surface area contributed by atoms with Crippen molar-refractivity contribution in [2.24, 2.45) is 0 Å². The molecular formula is C7H5NNaO5+. The van der Waals surface area contributed by atoms with E-state index in [1.807, 2.05) is 0 Å². The van der Waals surface area contributed by atoms with Crippen LogP contribution in [0.15, 0.2) is 24.3 Å². The molecule has 0 aliphatic carbocycles. The number of carboxylic acids is 1. The van der Waals surface area contributed by atoms with E-state index >= 15 is 0 Å². The number of hydrogen-bond donors (Lipinski definition) is 1. The van der Waals surface area contributed by atoms with E-state index in [1.165, 1.54) is 24.3 Å². The Labute approximate surface area is 101 Å². The molecule has 0 aromatic heterocycles. The molecule has 1 aromatic rings. The fourth-order valence-electron chi connectivity index (χ4n) is 0.803. The molecule has 0 spiro atoms. The molecule has 0 heterocycles. The van der Waals surface area contributed by atoms with Gasteiger partial charge >= 0.3 is 35.5 Å². The maximum absolute atomic E-state index is 10.5. The number of benzene rings is 1. The molecule has 7 heteroatoms. The minimum Gasteiger partial charge on any atom is -0.478 e. The molecule has 68 valence electrons. The quantitative estimate of drug-likeness (QED) is 0.349. The summed E-state index contributed by atoms with van der Waals surface area (Å²) >= 11 is 0. The smallest absolute Gasteiger partial charge is 0.478 e. The molecular weight excluding hydrogens is 201 g/mol. The zero-order valence-electron chi connectivity index (χ0n) is 7.34. The van der Waals surface area contributed by atoms with Gasteiger partial charge in [0.05, 0.1) is 5.56 Å². The van der Waals surface area contributed by atoms with E-state index in [4.69, 9.17) is 5.11 Å². The third kappa shape index (κ3) is 3.33. The number of nitrogens with zero attached hydrogens (tertiary/aromatic N) is 1. The number of hydrogen-bond acceptors (Lipinski definition) is 4. The van der Waals surface area contributed by atoms with Crippen molar-refractivity contribution in [1.29, 1.82) is 0 Å². The van der Waals surface area contributed by atoms with Crippen LogP contribution in [0.25, 0.3) is 0 Å². The van der Waals surface area contributed by atoms with Crippen LogP contribution in [0.2, 0.25) is 0 Å². The van der Waals surface area contributed by atoms with Gasteiger partial charge < -0.3 is 5.11 Å². The van der Waals surface area contributed by atoms with Gasteiger partial charge in [-0.2, -0.15) is 0 Å². The monoisotopic (exact) mass is 206 g/mol. The van der Waals surface area contributed by atoms with E-state index in [0.717, 1.165) is 0 Å². The average molecular weight is 206 g/mol. The Morgan fingerprint density at radius 2 is 2.00 bits per heavy atom. The van der Waals surface area contributed by atoms with Gasteiger partial charge in [-0.25, -0.2) is 4.79 Å². The number of rotatable bonds is 3. The SMILES string of the molecule is O=C(O)c1ccccc1O[N+](=O)[O-].[Na+]. The maximum atomic E-state index is 10.5. The van der Waals surface area contributed by atoms with Gasteiger partial charge in [0.2, 0.25) is 0 Å². The van der Waals surface area contributed by atoms with Crippen LogP contribution >= 0.6 is 0 Å². The summed E-state index contributed by atoms with van der Waals surface area (Å²) in [5.74, 6) is -1.54. The van der Waals surface area contributed by atoms with Gasteiger partial charge in [-0.15, -0.1) is 10.1 Å². The molecule has 0 saturated carbocycles. The van der Waals surface area contributed by atoms with Crippen molar-refractivity contribution < 1.29 is 49.4 Å². The minimum absolute atomic E-state index is 0. The molecule has 14 heavy (non-hydrogen) atoms. The first kappa shape index (κ1) is 12.9. The third-order valence-electron chi connectivity index (χ3n) is 1.29. The zero-order chi connectivity index (χ0) is 9.84. The normalized spacial score (nSPS) is 8.57. The van der Waals surface area contributed by atoms with Crippen molar-refractivity contribution in [3.8, 4) is 5.75 Å². The second-order valence-electron chi connectivity index (χ2n) is 2.12. The van der Waals surface area contributed by atoms with Crippen LogP contribution in [0.3, 0.4) is 0 Å². The summed E-state index contributed by atoms with van der Waals surface area (Å²) in [5, 5.41) is 17.5. The molecule has 6 nitrogen and oxygen atoms in total. The Hall–Kier alpha value is -1.11. The summed E-state index contributed by atoms with van der Waals surface area (Å²) in [7, 11) is 0. The summed E-state index contributed by atoms with van der Waals surface area (Å²) in [6.45, 7) is 0. The molecule has 0 radical (unpaired) electrons. The van der Waals surface area contributed by atoms with Crippen molar-refractivity contribution in [3.63, 3.8) is 0 Å². The van der Waals surface area contributed by atoms with Gasteiger partial charge in [0.1, 0.15) is 5.75 Å². The van der Waals surface area contributed by atoms with Crippen molar-refractivity contribution in [1.82, 2.24) is 0 Å². The molecule has 1 N–H and O–H groups in total. The van der Waals surface area contributed by atoms with Crippen LogP contribution in [0, 0.1) is 10.1 Å². The van der Waals surface area contributed by atoms with Crippen molar-refractivity contribution in [3.05, 3.63) is 39.9 Å². The second-order valence-corrected chi connectivity index (χ2v) is 2.12. The number of para-hydroxylation sites is 1. The van der Waals surface area contributed by atoms with Crippen LogP contribution in [-0.4, -0.2) is 16.2 Å². The molecule has 0 saturated heterocycles. The predicted octanol–water partition coefficient (Wildman–Crippen LogP) is -2.04. The fraction of sp³-hybridized carbons (Fsp3) is 0. The van der Waals surface area contributed by atoms with Crippen LogP contribution < -0.4 is 34.4 Å². The molecule has 0 atom stereocenters. The third-order valence-corrected chi connectivity index (χ3v) is 1.29. The van der Waals surface area contributed by atoms with Crippen molar-refractivity contribution >= 4 is 5.97 Å². The van der Waals surface area contributed by atoms with Crippen LogP contribution in [-0.2, 0) is 0 Å². The van der Waals surface area contributed by atoms with Crippen molar-refractivity contribution in [2.75, 3.05) is 0 Å². The Morgan fingerprint density at radius 1 is 1.43 bits per heavy atom. The number of carboxylic acid groups (broad SMARTS) is 1. The van der Waals surface area contributed by atoms with Gasteiger partial charge in [-0.05, 0) is 12.1 Å². The van der Waals surface area contributed by atoms with E-state index < -0.39 is 11.1 Å². The van der Waals surface area contributed by atoms with Gasteiger partial charge in [0, 0.05) is 0 Å². The van der Waals surface area contributed by atoms with Crippen LogP contribution in [0.5, 0.6) is 5.75 Å². The molecule has 1 aromatic carbocycles. The van der Waals surface area contributed by atoms with E-state index in [0.29, 0.717) is 0 Å². The predicted molar refractivity (Wildman–Crippen MR) is 41.0 cm³/mol. The van der Waals surface area contributed by atoms with Crippen molar-refractivity contribution in [2.45, 2.75) is 0 Å². The Bertz CT molecular complexity index is 354. The largest absolute Gasteiger partial charge is 1.00 e. The van der Waals surface area contributed by atoms with Crippen LogP contribution in [0.1, 0.15) is 10.4 Å². The van der Waals surface area contributed by atoms with E-state index in [9.17, 15) is 14.9 Å². The van der Waals surface area contributed by atoms with Gasteiger partial charge in [-0.1, -0.05) is 12.1 Å². The number of aromatic carboxylic acids is 1. The first-order valence-electron chi connectivity index (χ1n) is 3.26. The van der Waals surface area contributed by atoms with Gasteiger partial charge in [0.25, 0.3) is 5.09 Å². The van der Waals surface area contributed by atoms with Crippen LogP contribution in [0.4, 0.5) is 0 Å². The number of carbonyl (C=O) groups is 1. The molecule has 0 amide bonds. The summed E-state index contributed by atoms with van der Waals surface area (Å²) in [4.78, 5) is 24.5. The molecule has 0 bridgehead atoms. The Kier molecular flexibility index (Phi) is 5.14. The topological polar surface area (TPSA) is 89.7 Å². The standard InChI is InChI=1S/C7H5NO5.Na/c9-7(10)5-3-1-2-4-6(5)13-8(11)12;/h1-4H,(H,9,10);/q;+1. The maximum Gasteiger partial charge on any atom is 1.00 e. The average Bonchev–Trinajstić information content (AvgIpc) is 2.03. The fourth-order valence-corrected chi connectivity index (χ4v) is 0.803. The summed E-state index contributed by atoms with van der Waals surface area (Å²) in [5.41, 5.74) is -0.237. The van der Waals surface area contributed by atoms with Gasteiger partial charge in [-0.3, -0.25) is 4.84 Å². The first-order valence-corrected chi connectivity index (χ1v) is 3.26. The molecule has 0 aliphatic heterocycles. The van der Waals surface area contributed by atoms with E-state index in [2.05, 4.69) is 4.84 Å². The second kappa shape index (κ2) is 5.58.